The van der Waals surface area contributed by atoms with E-state index in [1.54, 1.807) is 7.05 Å². The molecule has 1 rings (SSSR count). The van der Waals surface area contributed by atoms with E-state index in [1.807, 2.05) is 7.05 Å². The van der Waals surface area contributed by atoms with Crippen LogP contribution in [0.5, 0.6) is 0 Å². The van der Waals surface area contributed by atoms with E-state index in [0.717, 1.165) is 13.0 Å². The van der Waals surface area contributed by atoms with Gasteiger partial charge in [-0.15, -0.1) is 0 Å². The van der Waals surface area contributed by atoms with Crippen molar-refractivity contribution >= 4 is 40.9 Å². The van der Waals surface area contributed by atoms with Gasteiger partial charge >= 0.3 is 12.0 Å². The lowest BCUT2D eigenvalue weighted by Gasteiger charge is -2.19. The highest BCUT2D eigenvalue weighted by Gasteiger charge is 2.16. The number of aromatic carboxylic acids is 1. The Morgan fingerprint density at radius 1 is 1.29 bits per heavy atom. The van der Waals surface area contributed by atoms with E-state index < -0.39 is 5.97 Å². The molecule has 21 heavy (non-hydrogen) atoms. The Morgan fingerprint density at radius 3 is 2.33 bits per heavy atom. The van der Waals surface area contributed by atoms with Gasteiger partial charge in [-0.2, -0.15) is 0 Å². The van der Waals surface area contributed by atoms with Gasteiger partial charge in [-0.05, 0) is 32.1 Å². The summed E-state index contributed by atoms with van der Waals surface area (Å²) in [7, 11) is 3.49. The largest absolute Gasteiger partial charge is 0.478 e. The molecule has 2 amide bonds. The summed E-state index contributed by atoms with van der Waals surface area (Å²) in [5.74, 6) is -1.14. The van der Waals surface area contributed by atoms with Gasteiger partial charge in [-0.3, -0.25) is 0 Å². The van der Waals surface area contributed by atoms with Crippen molar-refractivity contribution in [2.75, 3.05) is 32.5 Å². The highest BCUT2D eigenvalue weighted by molar-refractivity contribution is 6.40. The molecular weight excluding hydrogens is 317 g/mol. The highest BCUT2D eigenvalue weighted by Crippen LogP contribution is 2.32. The van der Waals surface area contributed by atoms with Gasteiger partial charge in [-0.1, -0.05) is 23.2 Å². The molecule has 6 nitrogen and oxygen atoms in total. The first-order valence-electron chi connectivity index (χ1n) is 6.26. The van der Waals surface area contributed by atoms with Crippen LogP contribution in [0.1, 0.15) is 16.8 Å². The molecule has 0 fully saturated rings. The fourth-order valence-electron chi connectivity index (χ4n) is 1.61. The van der Waals surface area contributed by atoms with Crippen molar-refractivity contribution in [3.8, 4) is 0 Å². The molecule has 0 saturated heterocycles. The standard InChI is InChI=1S/C13H17Cl2N3O3/c1-16-4-3-5-18(2)13(21)17-11-9(14)6-8(12(19)20)7-10(11)15/h6-7,16H,3-5H2,1-2H3,(H,17,21)(H,19,20). The van der Waals surface area contributed by atoms with E-state index in [2.05, 4.69) is 10.6 Å². The minimum Gasteiger partial charge on any atom is -0.478 e. The summed E-state index contributed by atoms with van der Waals surface area (Å²) in [5, 5.41) is 14.6. The van der Waals surface area contributed by atoms with Crippen molar-refractivity contribution in [2.45, 2.75) is 6.42 Å². The van der Waals surface area contributed by atoms with E-state index in [-0.39, 0.29) is 27.3 Å². The third kappa shape index (κ3) is 5.08. The zero-order valence-electron chi connectivity index (χ0n) is 11.7. The van der Waals surface area contributed by atoms with Crippen molar-refractivity contribution in [1.29, 1.82) is 0 Å². The third-order valence-corrected chi connectivity index (χ3v) is 3.38. The number of halogens is 2. The molecule has 0 unspecified atom stereocenters. The maximum atomic E-state index is 12.0. The highest BCUT2D eigenvalue weighted by atomic mass is 35.5. The number of nitrogens with zero attached hydrogens (tertiary/aromatic N) is 1. The summed E-state index contributed by atoms with van der Waals surface area (Å²) in [6.45, 7) is 1.36. The van der Waals surface area contributed by atoms with E-state index >= 15 is 0 Å². The zero-order chi connectivity index (χ0) is 16.0. The number of carbonyl (C=O) groups excluding carboxylic acids is 1. The van der Waals surface area contributed by atoms with Crippen LogP contribution in [0.2, 0.25) is 10.0 Å². The van der Waals surface area contributed by atoms with Gasteiger partial charge in [0.25, 0.3) is 0 Å². The van der Waals surface area contributed by atoms with Gasteiger partial charge in [-0.25, -0.2) is 9.59 Å². The van der Waals surface area contributed by atoms with Crippen LogP contribution >= 0.6 is 23.2 Å². The Labute approximate surface area is 133 Å². The van der Waals surface area contributed by atoms with Crippen LogP contribution in [-0.4, -0.2) is 49.2 Å². The number of hydrogen-bond acceptors (Lipinski definition) is 3. The van der Waals surface area contributed by atoms with Crippen molar-refractivity contribution in [2.24, 2.45) is 0 Å². The van der Waals surface area contributed by atoms with Gasteiger partial charge in [0.2, 0.25) is 0 Å². The molecule has 0 saturated carbocycles. The van der Waals surface area contributed by atoms with Crippen LogP contribution in [0.4, 0.5) is 10.5 Å². The number of benzene rings is 1. The van der Waals surface area contributed by atoms with Crippen molar-refractivity contribution < 1.29 is 14.7 Å². The second-order valence-electron chi connectivity index (χ2n) is 4.43. The summed E-state index contributed by atoms with van der Waals surface area (Å²) < 4.78 is 0. The molecule has 0 heterocycles. The lowest BCUT2D eigenvalue weighted by Crippen LogP contribution is -2.33. The van der Waals surface area contributed by atoms with Gasteiger partial charge < -0.3 is 20.6 Å². The molecule has 0 radical (unpaired) electrons. The first kappa shape index (κ1) is 17.6. The van der Waals surface area contributed by atoms with Crippen LogP contribution in [0.15, 0.2) is 12.1 Å². The maximum absolute atomic E-state index is 12.0. The summed E-state index contributed by atoms with van der Waals surface area (Å²) >= 11 is 11.9. The second kappa shape index (κ2) is 8.07. The van der Waals surface area contributed by atoms with Crippen LogP contribution in [0.25, 0.3) is 0 Å². The van der Waals surface area contributed by atoms with Crippen molar-refractivity contribution in [3.05, 3.63) is 27.7 Å². The molecule has 0 aliphatic carbocycles. The molecular formula is C13H17Cl2N3O3. The van der Waals surface area contributed by atoms with Gasteiger partial charge in [0.05, 0.1) is 21.3 Å². The Morgan fingerprint density at radius 2 is 1.86 bits per heavy atom. The predicted octanol–water partition coefficient (Wildman–Crippen LogP) is 2.76. The Hall–Kier alpha value is -1.50. The van der Waals surface area contributed by atoms with Gasteiger partial charge in [0.1, 0.15) is 0 Å². The molecule has 0 bridgehead atoms. The number of amides is 2. The van der Waals surface area contributed by atoms with Crippen LogP contribution in [0.3, 0.4) is 0 Å². The molecule has 3 N–H and O–H groups in total. The van der Waals surface area contributed by atoms with Crippen molar-refractivity contribution in [1.82, 2.24) is 10.2 Å². The number of rotatable bonds is 6. The number of nitrogens with one attached hydrogen (secondary N) is 2. The van der Waals surface area contributed by atoms with Gasteiger partial charge in [0, 0.05) is 13.6 Å². The molecule has 0 aromatic heterocycles. The lowest BCUT2D eigenvalue weighted by molar-refractivity contribution is 0.0697. The molecule has 8 heteroatoms. The number of anilines is 1. The smallest absolute Gasteiger partial charge is 0.335 e. The van der Waals surface area contributed by atoms with Crippen LogP contribution in [-0.2, 0) is 0 Å². The van der Waals surface area contributed by atoms with Crippen LogP contribution in [0, 0.1) is 0 Å². The third-order valence-electron chi connectivity index (χ3n) is 2.79. The zero-order valence-corrected chi connectivity index (χ0v) is 13.3. The first-order valence-corrected chi connectivity index (χ1v) is 7.01. The van der Waals surface area contributed by atoms with E-state index in [0.29, 0.717) is 6.54 Å². The summed E-state index contributed by atoms with van der Waals surface area (Å²) in [4.78, 5) is 24.4. The Bertz CT molecular complexity index is 514. The second-order valence-corrected chi connectivity index (χ2v) is 5.24. The number of carboxylic acid groups (broad SMARTS) is 1. The summed E-state index contributed by atoms with van der Waals surface area (Å²) in [5.41, 5.74) is 0.166. The maximum Gasteiger partial charge on any atom is 0.335 e. The minimum atomic E-state index is -1.14. The molecule has 0 aliphatic heterocycles. The average Bonchev–Trinajstić information content (AvgIpc) is 2.42. The lowest BCUT2D eigenvalue weighted by atomic mass is 10.2. The van der Waals surface area contributed by atoms with E-state index in [9.17, 15) is 9.59 Å². The normalized spacial score (nSPS) is 10.3. The number of carboxylic acids is 1. The topological polar surface area (TPSA) is 81.7 Å². The molecule has 0 aliphatic rings. The predicted molar refractivity (Wildman–Crippen MR) is 83.6 cm³/mol. The number of hydrogen-bond donors (Lipinski definition) is 3. The quantitative estimate of drug-likeness (QED) is 0.699. The van der Waals surface area contributed by atoms with Crippen LogP contribution < -0.4 is 10.6 Å². The fraction of sp³-hybridized carbons (Fsp3) is 0.385. The Kier molecular flexibility index (Phi) is 6.74. The average molecular weight is 334 g/mol. The SMILES string of the molecule is CNCCCN(C)C(=O)Nc1c(Cl)cc(C(=O)O)cc1Cl. The number of carbonyl (C=O) groups is 2. The molecule has 116 valence electrons. The summed E-state index contributed by atoms with van der Waals surface area (Å²) in [6.07, 6.45) is 0.805. The minimum absolute atomic E-state index is 0.0367. The molecule has 1 aromatic rings. The molecule has 1 aromatic carbocycles. The monoisotopic (exact) mass is 333 g/mol. The number of urea groups is 1. The van der Waals surface area contributed by atoms with E-state index in [4.69, 9.17) is 28.3 Å². The molecule has 0 atom stereocenters. The fourth-order valence-corrected chi connectivity index (χ4v) is 2.19. The van der Waals surface area contributed by atoms with E-state index in [1.165, 1.54) is 17.0 Å². The molecule has 0 spiro atoms. The van der Waals surface area contributed by atoms with Gasteiger partial charge in [0.15, 0.2) is 0 Å². The Balaban J connectivity index is 2.78. The van der Waals surface area contributed by atoms with Crippen molar-refractivity contribution in [3.63, 3.8) is 0 Å². The summed E-state index contributed by atoms with van der Waals surface area (Å²) in [6, 6.07) is 2.12. The first-order chi connectivity index (χ1) is 9.86.